The lowest BCUT2D eigenvalue weighted by atomic mass is 10.2. The Kier molecular flexibility index (Phi) is 6.13. The van der Waals surface area contributed by atoms with Gasteiger partial charge < -0.3 is 20.1 Å². The van der Waals surface area contributed by atoms with Crippen LogP contribution < -0.4 is 15.4 Å². The Balaban J connectivity index is 2.11. The number of rotatable bonds is 7. The maximum Gasteiger partial charge on any atom is 0.274 e. The quantitative estimate of drug-likeness (QED) is 0.755. The maximum atomic E-state index is 12.3. The van der Waals surface area contributed by atoms with Crippen LogP contribution in [-0.4, -0.2) is 43.2 Å². The Morgan fingerprint density at radius 2 is 2.09 bits per heavy atom. The highest BCUT2D eigenvalue weighted by Gasteiger charge is 2.12. The number of carbonyl (C=O) groups is 1. The molecule has 0 unspecified atom stereocenters. The van der Waals surface area contributed by atoms with E-state index in [1.165, 1.54) is 13.4 Å². The van der Waals surface area contributed by atoms with Crippen LogP contribution in [0.1, 0.15) is 10.5 Å². The number of aromatic nitrogens is 2. The zero-order valence-corrected chi connectivity index (χ0v) is 13.6. The summed E-state index contributed by atoms with van der Waals surface area (Å²) in [6, 6.07) is 6.52. The van der Waals surface area contributed by atoms with Crippen LogP contribution in [0.3, 0.4) is 0 Å². The highest BCUT2D eigenvalue weighted by Crippen LogP contribution is 2.28. The molecule has 2 rings (SSSR count). The lowest BCUT2D eigenvalue weighted by Crippen LogP contribution is -2.16. The van der Waals surface area contributed by atoms with Crippen molar-refractivity contribution in [2.24, 2.45) is 0 Å². The molecule has 1 aromatic carbocycles. The maximum absolute atomic E-state index is 12.3. The van der Waals surface area contributed by atoms with Crippen molar-refractivity contribution in [3.63, 3.8) is 0 Å². The topological polar surface area (TPSA) is 85.4 Å². The van der Waals surface area contributed by atoms with Crippen LogP contribution in [0.2, 0.25) is 5.02 Å². The van der Waals surface area contributed by atoms with Gasteiger partial charge in [-0.25, -0.2) is 9.97 Å². The van der Waals surface area contributed by atoms with E-state index in [2.05, 4.69) is 20.6 Å². The van der Waals surface area contributed by atoms with Crippen molar-refractivity contribution < 1.29 is 14.3 Å². The van der Waals surface area contributed by atoms with Gasteiger partial charge in [0.25, 0.3) is 5.91 Å². The van der Waals surface area contributed by atoms with Crippen molar-refractivity contribution in [2.45, 2.75) is 0 Å². The molecule has 0 bridgehead atoms. The third-order valence-electron chi connectivity index (χ3n) is 2.92. The first-order valence-electron chi connectivity index (χ1n) is 6.83. The number of halogens is 1. The summed E-state index contributed by atoms with van der Waals surface area (Å²) < 4.78 is 10.1. The van der Waals surface area contributed by atoms with Gasteiger partial charge in [-0.3, -0.25) is 4.79 Å². The van der Waals surface area contributed by atoms with Gasteiger partial charge in [0, 0.05) is 24.7 Å². The number of hydrogen-bond acceptors (Lipinski definition) is 6. The number of amides is 1. The number of hydrogen-bond donors (Lipinski definition) is 2. The van der Waals surface area contributed by atoms with Crippen LogP contribution in [0, 0.1) is 0 Å². The normalized spacial score (nSPS) is 10.2. The summed E-state index contributed by atoms with van der Waals surface area (Å²) in [5, 5.41) is 6.25. The lowest BCUT2D eigenvalue weighted by molar-refractivity contribution is 0.102. The second kappa shape index (κ2) is 8.30. The molecule has 7 nitrogen and oxygen atoms in total. The van der Waals surface area contributed by atoms with E-state index in [1.807, 2.05) is 0 Å². The fraction of sp³-hybridized carbons (Fsp3) is 0.267. The smallest absolute Gasteiger partial charge is 0.274 e. The minimum Gasteiger partial charge on any atom is -0.495 e. The Hall–Kier alpha value is -2.38. The van der Waals surface area contributed by atoms with Gasteiger partial charge >= 0.3 is 0 Å². The molecule has 0 aliphatic rings. The summed E-state index contributed by atoms with van der Waals surface area (Å²) in [6.07, 6.45) is 1.32. The third kappa shape index (κ3) is 4.80. The predicted molar refractivity (Wildman–Crippen MR) is 88.4 cm³/mol. The summed E-state index contributed by atoms with van der Waals surface area (Å²) in [7, 11) is 3.13. The highest BCUT2D eigenvalue weighted by atomic mass is 35.5. The second-order valence-electron chi connectivity index (χ2n) is 4.51. The largest absolute Gasteiger partial charge is 0.495 e. The molecule has 1 aromatic heterocycles. The fourth-order valence-corrected chi connectivity index (χ4v) is 2.00. The standard InChI is InChI=1S/C15H17ClN4O3/c1-22-6-5-17-14-8-12(18-9-19-14)15(21)20-11-7-10(16)3-4-13(11)23-2/h3-4,7-9H,5-6H2,1-2H3,(H,20,21)(H,17,18,19). The zero-order valence-electron chi connectivity index (χ0n) is 12.8. The van der Waals surface area contributed by atoms with E-state index in [9.17, 15) is 4.79 Å². The number of benzene rings is 1. The minimum atomic E-state index is -0.386. The van der Waals surface area contributed by atoms with Gasteiger partial charge in [-0.1, -0.05) is 11.6 Å². The van der Waals surface area contributed by atoms with Gasteiger partial charge in [0.15, 0.2) is 0 Å². The van der Waals surface area contributed by atoms with Crippen molar-refractivity contribution in [1.82, 2.24) is 9.97 Å². The molecule has 2 N–H and O–H groups in total. The summed E-state index contributed by atoms with van der Waals surface area (Å²) in [6.45, 7) is 1.11. The number of anilines is 2. The summed E-state index contributed by atoms with van der Waals surface area (Å²) in [4.78, 5) is 20.3. The number of carbonyl (C=O) groups excluding carboxylic acids is 1. The summed E-state index contributed by atoms with van der Waals surface area (Å²) in [5.74, 6) is 0.665. The van der Waals surface area contributed by atoms with Gasteiger partial charge in [0.2, 0.25) is 0 Å². The number of nitrogens with one attached hydrogen (secondary N) is 2. The predicted octanol–water partition coefficient (Wildman–Crippen LogP) is 2.45. The highest BCUT2D eigenvalue weighted by molar-refractivity contribution is 6.31. The van der Waals surface area contributed by atoms with E-state index in [1.54, 1.807) is 31.4 Å². The molecule has 0 fully saturated rings. The van der Waals surface area contributed by atoms with Crippen molar-refractivity contribution in [1.29, 1.82) is 0 Å². The molecule has 0 atom stereocenters. The van der Waals surface area contributed by atoms with Crippen molar-refractivity contribution in [2.75, 3.05) is 38.0 Å². The van der Waals surface area contributed by atoms with Crippen molar-refractivity contribution in [3.05, 3.63) is 41.3 Å². The van der Waals surface area contributed by atoms with E-state index in [0.29, 0.717) is 35.4 Å². The van der Waals surface area contributed by atoms with Crippen molar-refractivity contribution in [3.8, 4) is 5.75 Å². The van der Waals surface area contributed by atoms with Crippen LogP contribution in [0.4, 0.5) is 11.5 Å². The first-order valence-corrected chi connectivity index (χ1v) is 7.21. The molecule has 0 spiro atoms. The third-order valence-corrected chi connectivity index (χ3v) is 3.16. The Labute approximate surface area is 139 Å². The van der Waals surface area contributed by atoms with Crippen LogP contribution in [0.15, 0.2) is 30.6 Å². The SMILES string of the molecule is COCCNc1cc(C(=O)Nc2cc(Cl)ccc2OC)ncn1. The molecular formula is C15H17ClN4O3. The molecule has 122 valence electrons. The Bertz CT molecular complexity index is 682. The molecule has 8 heteroatoms. The van der Waals surface area contributed by atoms with Crippen LogP contribution in [0.5, 0.6) is 5.75 Å². The van der Waals surface area contributed by atoms with Crippen LogP contribution in [0.25, 0.3) is 0 Å². The average Bonchev–Trinajstić information content (AvgIpc) is 2.55. The van der Waals surface area contributed by atoms with E-state index in [-0.39, 0.29) is 11.6 Å². The Morgan fingerprint density at radius 3 is 2.83 bits per heavy atom. The van der Waals surface area contributed by atoms with Gasteiger partial charge in [-0.15, -0.1) is 0 Å². The summed E-state index contributed by atoms with van der Waals surface area (Å²) in [5.41, 5.74) is 0.694. The van der Waals surface area contributed by atoms with Crippen LogP contribution >= 0.6 is 11.6 Å². The van der Waals surface area contributed by atoms with E-state index in [4.69, 9.17) is 21.1 Å². The van der Waals surface area contributed by atoms with E-state index < -0.39 is 0 Å². The first-order chi connectivity index (χ1) is 11.1. The molecule has 0 aliphatic carbocycles. The van der Waals surface area contributed by atoms with E-state index in [0.717, 1.165) is 0 Å². The monoisotopic (exact) mass is 336 g/mol. The van der Waals surface area contributed by atoms with Crippen LogP contribution in [-0.2, 0) is 4.74 Å². The first kappa shape index (κ1) is 17.0. The second-order valence-corrected chi connectivity index (χ2v) is 4.94. The number of ether oxygens (including phenoxy) is 2. The number of methoxy groups -OCH3 is 2. The van der Waals surface area contributed by atoms with Crippen molar-refractivity contribution >= 4 is 29.0 Å². The molecule has 0 saturated heterocycles. The molecule has 0 radical (unpaired) electrons. The average molecular weight is 337 g/mol. The molecular weight excluding hydrogens is 320 g/mol. The molecule has 23 heavy (non-hydrogen) atoms. The van der Waals surface area contributed by atoms with Gasteiger partial charge in [0.1, 0.15) is 23.6 Å². The molecule has 1 amide bonds. The number of nitrogens with zero attached hydrogens (tertiary/aromatic N) is 2. The van der Waals surface area contributed by atoms with Gasteiger partial charge in [0.05, 0.1) is 19.4 Å². The molecule has 1 heterocycles. The minimum absolute atomic E-state index is 0.224. The van der Waals surface area contributed by atoms with Gasteiger partial charge in [-0.05, 0) is 18.2 Å². The van der Waals surface area contributed by atoms with Gasteiger partial charge in [-0.2, -0.15) is 0 Å². The molecule has 0 saturated carbocycles. The summed E-state index contributed by atoms with van der Waals surface area (Å²) >= 11 is 5.95. The van der Waals surface area contributed by atoms with E-state index >= 15 is 0 Å². The lowest BCUT2D eigenvalue weighted by Gasteiger charge is -2.11. The molecule has 2 aromatic rings. The Morgan fingerprint density at radius 1 is 1.26 bits per heavy atom. The molecule has 0 aliphatic heterocycles. The fourth-order valence-electron chi connectivity index (χ4n) is 1.82. The zero-order chi connectivity index (χ0) is 16.7.